The first kappa shape index (κ1) is 13.4. The van der Waals surface area contributed by atoms with Crippen LogP contribution in [-0.2, 0) is 11.0 Å². The van der Waals surface area contributed by atoms with Gasteiger partial charge in [0.1, 0.15) is 0 Å². The molecular formula is C13H14O3S. The molecule has 3 rings (SSSR count). The van der Waals surface area contributed by atoms with Crippen LogP contribution in [0, 0.1) is 6.92 Å². The zero-order valence-corrected chi connectivity index (χ0v) is 10.3. The first-order chi connectivity index (χ1) is 8.09. The number of rotatable bonds is 0. The zero-order valence-electron chi connectivity index (χ0n) is 9.41. The smallest absolute Gasteiger partial charge is 0.254 e. The van der Waals surface area contributed by atoms with Crippen molar-refractivity contribution in [2.24, 2.45) is 0 Å². The summed E-state index contributed by atoms with van der Waals surface area (Å²) in [5, 5.41) is 0. The molecule has 2 aliphatic rings. The van der Waals surface area contributed by atoms with E-state index in [1.807, 2.05) is 18.2 Å². The van der Waals surface area contributed by atoms with Crippen molar-refractivity contribution in [3.8, 4) is 11.1 Å². The SMILES string of the molecule is Cc1ccccc1.O=[SH](=O)O.c1cc2ccc1-2. The predicted octanol–water partition coefficient (Wildman–Crippen LogP) is 2.73. The normalized spacial score (nSPS) is 9.59. The standard InChI is InChI=1S/C7H8.C6H4.H2O3S/c1-7-5-3-2-4-6-7;1-2-6-4-3-5(1)6;1-4(2)3/h2-6H,1H3;1-4H;4H,(H,1,2,3). The van der Waals surface area contributed by atoms with E-state index in [-0.39, 0.29) is 0 Å². The highest BCUT2D eigenvalue weighted by molar-refractivity contribution is 7.66. The molecule has 4 heteroatoms. The van der Waals surface area contributed by atoms with Crippen molar-refractivity contribution in [3.63, 3.8) is 0 Å². The Labute approximate surface area is 103 Å². The molecule has 0 saturated heterocycles. The molecule has 0 spiro atoms. The largest absolute Gasteiger partial charge is 0.288 e. The molecule has 0 aromatic heterocycles. The lowest BCUT2D eigenvalue weighted by atomic mass is 9.95. The highest BCUT2D eigenvalue weighted by Crippen LogP contribution is 2.29. The lowest BCUT2D eigenvalue weighted by molar-refractivity contribution is 0.509. The summed E-state index contributed by atoms with van der Waals surface area (Å²) >= 11 is 0. The molecule has 0 bridgehead atoms. The number of hydrogen-bond donors (Lipinski definition) is 2. The number of thiol groups is 1. The molecule has 90 valence electrons. The maximum absolute atomic E-state index is 8.59. The molecule has 0 radical (unpaired) electrons. The first-order valence-electron chi connectivity index (χ1n) is 5.05. The molecule has 17 heavy (non-hydrogen) atoms. The first-order valence-corrected chi connectivity index (χ1v) is 6.18. The van der Waals surface area contributed by atoms with Gasteiger partial charge in [-0.2, -0.15) is 0 Å². The summed E-state index contributed by atoms with van der Waals surface area (Å²) < 4.78 is 24.2. The molecular weight excluding hydrogens is 236 g/mol. The van der Waals surface area contributed by atoms with Crippen LogP contribution in [-0.4, -0.2) is 13.0 Å². The van der Waals surface area contributed by atoms with E-state index in [4.69, 9.17) is 13.0 Å². The minimum Gasteiger partial charge on any atom is -0.288 e. The van der Waals surface area contributed by atoms with Crippen molar-refractivity contribution in [2.75, 3.05) is 0 Å². The van der Waals surface area contributed by atoms with E-state index >= 15 is 0 Å². The molecule has 1 aromatic rings. The van der Waals surface area contributed by atoms with Crippen molar-refractivity contribution < 1.29 is 13.0 Å². The molecule has 3 nitrogen and oxygen atoms in total. The number of hydrogen-bond acceptors (Lipinski definition) is 2. The topological polar surface area (TPSA) is 54.4 Å². The summed E-state index contributed by atoms with van der Waals surface area (Å²) in [5.41, 5.74) is 4.17. The minimum atomic E-state index is -3.12. The molecule has 1 aromatic carbocycles. The molecule has 0 heterocycles. The van der Waals surface area contributed by atoms with Crippen molar-refractivity contribution in [2.45, 2.75) is 6.92 Å². The summed E-state index contributed by atoms with van der Waals surface area (Å²) in [6, 6.07) is 18.7. The molecule has 0 amide bonds. The van der Waals surface area contributed by atoms with Crippen LogP contribution in [0.4, 0.5) is 0 Å². The maximum Gasteiger partial charge on any atom is 0.254 e. The highest BCUT2D eigenvalue weighted by atomic mass is 32.2. The fraction of sp³-hybridized carbons (Fsp3) is 0.0769. The molecule has 0 unspecified atom stereocenters. The molecule has 0 saturated carbocycles. The Morgan fingerprint density at radius 1 is 0.824 bits per heavy atom. The third-order valence-electron chi connectivity index (χ3n) is 2.16. The van der Waals surface area contributed by atoms with E-state index in [2.05, 4.69) is 43.3 Å². The third-order valence-corrected chi connectivity index (χ3v) is 2.16. The second kappa shape index (κ2) is 6.83. The van der Waals surface area contributed by atoms with E-state index < -0.39 is 11.0 Å². The summed E-state index contributed by atoms with van der Waals surface area (Å²) in [6.45, 7) is 2.08. The van der Waals surface area contributed by atoms with Gasteiger partial charge in [0.25, 0.3) is 11.0 Å². The van der Waals surface area contributed by atoms with Gasteiger partial charge >= 0.3 is 0 Å². The van der Waals surface area contributed by atoms with Gasteiger partial charge in [-0.3, -0.25) is 4.55 Å². The van der Waals surface area contributed by atoms with Gasteiger partial charge in [0.15, 0.2) is 0 Å². The fourth-order valence-electron chi connectivity index (χ4n) is 1.20. The van der Waals surface area contributed by atoms with Crippen molar-refractivity contribution in [3.05, 3.63) is 60.2 Å². The summed E-state index contributed by atoms with van der Waals surface area (Å²) in [4.78, 5) is 0. The van der Waals surface area contributed by atoms with E-state index in [1.54, 1.807) is 0 Å². The average molecular weight is 250 g/mol. The number of benzene rings is 2. The predicted molar refractivity (Wildman–Crippen MR) is 69.6 cm³/mol. The Bertz CT molecular complexity index is 487. The number of fused-ring (bicyclic) bond motifs is 1. The number of aryl methyl sites for hydroxylation is 1. The van der Waals surface area contributed by atoms with Crippen LogP contribution in [0.1, 0.15) is 5.56 Å². The Hall–Kier alpha value is -1.65. The summed E-state index contributed by atoms with van der Waals surface area (Å²) in [5.74, 6) is 0. The molecule has 0 aliphatic heterocycles. The van der Waals surface area contributed by atoms with Gasteiger partial charge in [-0.05, 0) is 18.1 Å². The Morgan fingerprint density at radius 2 is 1.18 bits per heavy atom. The van der Waals surface area contributed by atoms with E-state index in [1.165, 1.54) is 16.7 Å². The van der Waals surface area contributed by atoms with Crippen LogP contribution in [0.5, 0.6) is 0 Å². The van der Waals surface area contributed by atoms with Crippen molar-refractivity contribution in [1.82, 2.24) is 0 Å². The van der Waals surface area contributed by atoms with Gasteiger partial charge in [-0.1, -0.05) is 60.2 Å². The highest BCUT2D eigenvalue weighted by Gasteiger charge is 2.03. The monoisotopic (exact) mass is 250 g/mol. The van der Waals surface area contributed by atoms with E-state index in [9.17, 15) is 0 Å². The van der Waals surface area contributed by atoms with E-state index in [0.29, 0.717) is 0 Å². The Balaban J connectivity index is 0.000000133. The van der Waals surface area contributed by atoms with Crippen LogP contribution in [0.2, 0.25) is 0 Å². The van der Waals surface area contributed by atoms with Crippen molar-refractivity contribution >= 4 is 11.0 Å². The van der Waals surface area contributed by atoms with Gasteiger partial charge in [-0.25, -0.2) is 8.42 Å². The average Bonchev–Trinajstić information content (AvgIpc) is 2.24. The minimum absolute atomic E-state index is 1.32. The van der Waals surface area contributed by atoms with E-state index in [0.717, 1.165) is 0 Å². The van der Waals surface area contributed by atoms with Crippen LogP contribution in [0.25, 0.3) is 11.1 Å². The lowest BCUT2D eigenvalue weighted by Gasteiger charge is -2.10. The third kappa shape index (κ3) is 5.29. The maximum atomic E-state index is 8.59. The second-order valence-electron chi connectivity index (χ2n) is 3.47. The fourth-order valence-corrected chi connectivity index (χ4v) is 1.20. The zero-order chi connectivity index (χ0) is 12.7. The van der Waals surface area contributed by atoms with Gasteiger partial charge in [0.2, 0.25) is 0 Å². The van der Waals surface area contributed by atoms with Crippen molar-refractivity contribution in [1.29, 1.82) is 0 Å². The summed E-state index contributed by atoms with van der Waals surface area (Å²) in [6.07, 6.45) is 0. The van der Waals surface area contributed by atoms with Crippen LogP contribution in [0.15, 0.2) is 54.6 Å². The van der Waals surface area contributed by atoms with Crippen LogP contribution < -0.4 is 0 Å². The Kier molecular flexibility index (Phi) is 5.39. The molecule has 1 N–H and O–H groups in total. The molecule has 0 fully saturated rings. The quantitative estimate of drug-likeness (QED) is 0.476. The molecule has 0 atom stereocenters. The van der Waals surface area contributed by atoms with Crippen LogP contribution >= 0.6 is 0 Å². The van der Waals surface area contributed by atoms with Gasteiger partial charge < -0.3 is 0 Å². The molecule has 2 aliphatic carbocycles. The summed E-state index contributed by atoms with van der Waals surface area (Å²) in [7, 11) is -3.12. The van der Waals surface area contributed by atoms with Gasteiger partial charge in [0, 0.05) is 0 Å². The Morgan fingerprint density at radius 3 is 1.29 bits per heavy atom. The lowest BCUT2D eigenvalue weighted by Crippen LogP contribution is -1.85. The van der Waals surface area contributed by atoms with Crippen LogP contribution in [0.3, 0.4) is 0 Å². The van der Waals surface area contributed by atoms with Gasteiger partial charge in [0.05, 0.1) is 0 Å². The van der Waals surface area contributed by atoms with Gasteiger partial charge in [-0.15, -0.1) is 0 Å². The second-order valence-corrected chi connectivity index (χ2v) is 3.95.